The van der Waals surface area contributed by atoms with Gasteiger partial charge in [0.25, 0.3) is 0 Å². The highest BCUT2D eigenvalue weighted by Crippen LogP contribution is 2.31. The molecule has 10 heteroatoms. The molecule has 0 atom stereocenters. The molecule has 0 bridgehead atoms. The Morgan fingerprint density at radius 1 is 1.20 bits per heavy atom. The number of hydrogen-bond donors (Lipinski definition) is 0. The molecule has 4 heterocycles. The van der Waals surface area contributed by atoms with E-state index in [-0.39, 0.29) is 0 Å². The molecule has 4 rings (SSSR count). The minimum atomic E-state index is -4.41. The van der Waals surface area contributed by atoms with Crippen LogP contribution in [0.4, 0.5) is 13.2 Å². The van der Waals surface area contributed by atoms with Crippen molar-refractivity contribution in [2.45, 2.75) is 17.1 Å². The van der Waals surface area contributed by atoms with E-state index in [4.69, 9.17) is 4.42 Å². The van der Waals surface area contributed by atoms with Crippen LogP contribution in [0.25, 0.3) is 16.4 Å². The Bertz CT molecular complexity index is 1010. The van der Waals surface area contributed by atoms with Crippen LogP contribution in [0.5, 0.6) is 0 Å². The van der Waals surface area contributed by atoms with Gasteiger partial charge in [0.1, 0.15) is 0 Å². The van der Waals surface area contributed by atoms with Gasteiger partial charge in [-0.15, -0.1) is 21.5 Å². The molecule has 0 aromatic carbocycles. The molecule has 128 valence electrons. The number of rotatable bonds is 4. The number of aromatic nitrogens is 4. The van der Waals surface area contributed by atoms with E-state index < -0.39 is 11.7 Å². The third-order valence-corrected chi connectivity index (χ3v) is 5.21. The first-order valence-electron chi connectivity index (χ1n) is 7.04. The molecular weight excluding hydrogens is 373 g/mol. The first-order chi connectivity index (χ1) is 12.0. The zero-order chi connectivity index (χ0) is 17.4. The van der Waals surface area contributed by atoms with Crippen LogP contribution in [-0.2, 0) is 11.9 Å². The first kappa shape index (κ1) is 16.2. The number of alkyl halides is 3. The summed E-state index contributed by atoms with van der Waals surface area (Å²) in [5.74, 6) is 1.15. The molecule has 5 nitrogen and oxygen atoms in total. The van der Waals surface area contributed by atoms with Gasteiger partial charge >= 0.3 is 6.18 Å². The SMILES string of the molecule is FC(F)(F)c1ccc2nnc(SCc3csc(-c4ccco4)n3)n2c1. The van der Waals surface area contributed by atoms with Gasteiger partial charge in [-0.25, -0.2) is 4.98 Å². The minimum absolute atomic E-state index is 0.366. The first-order valence-corrected chi connectivity index (χ1v) is 8.90. The van der Waals surface area contributed by atoms with Gasteiger partial charge < -0.3 is 4.42 Å². The van der Waals surface area contributed by atoms with Gasteiger partial charge in [-0.05, 0) is 24.3 Å². The average molecular weight is 382 g/mol. The molecule has 0 aliphatic heterocycles. The maximum absolute atomic E-state index is 12.9. The molecule has 0 spiro atoms. The van der Waals surface area contributed by atoms with Gasteiger partial charge in [-0.1, -0.05) is 11.8 Å². The van der Waals surface area contributed by atoms with Crippen molar-refractivity contribution in [3.05, 3.63) is 53.4 Å². The van der Waals surface area contributed by atoms with Crippen LogP contribution in [0.15, 0.2) is 51.7 Å². The lowest BCUT2D eigenvalue weighted by Gasteiger charge is -2.07. The fraction of sp³-hybridized carbons (Fsp3) is 0.133. The van der Waals surface area contributed by atoms with E-state index in [1.807, 2.05) is 11.4 Å². The quantitative estimate of drug-likeness (QED) is 0.477. The molecule has 4 aromatic rings. The van der Waals surface area contributed by atoms with E-state index in [1.54, 1.807) is 12.3 Å². The van der Waals surface area contributed by atoms with Crippen molar-refractivity contribution in [1.29, 1.82) is 0 Å². The van der Waals surface area contributed by atoms with Crippen molar-refractivity contribution >= 4 is 28.7 Å². The van der Waals surface area contributed by atoms with Crippen LogP contribution in [-0.4, -0.2) is 19.6 Å². The highest BCUT2D eigenvalue weighted by atomic mass is 32.2. The Labute approximate surface area is 147 Å². The highest BCUT2D eigenvalue weighted by Gasteiger charge is 2.31. The highest BCUT2D eigenvalue weighted by molar-refractivity contribution is 7.98. The zero-order valence-electron chi connectivity index (χ0n) is 12.4. The molecule has 0 saturated carbocycles. The van der Waals surface area contributed by atoms with E-state index in [0.717, 1.165) is 23.0 Å². The van der Waals surface area contributed by atoms with Crippen LogP contribution in [0, 0.1) is 0 Å². The van der Waals surface area contributed by atoms with Crippen molar-refractivity contribution in [3.8, 4) is 10.8 Å². The molecule has 0 fully saturated rings. The Morgan fingerprint density at radius 2 is 2.08 bits per heavy atom. The average Bonchev–Trinajstić information content (AvgIpc) is 3.31. The second kappa shape index (κ2) is 6.19. The normalized spacial score (nSPS) is 12.1. The smallest absolute Gasteiger partial charge is 0.417 e. The number of pyridine rings is 1. The third-order valence-electron chi connectivity index (χ3n) is 3.33. The summed E-state index contributed by atoms with van der Waals surface area (Å²) in [6.07, 6.45) is -1.83. The summed E-state index contributed by atoms with van der Waals surface area (Å²) in [5, 5.41) is 10.9. The summed E-state index contributed by atoms with van der Waals surface area (Å²) in [6.45, 7) is 0. The lowest BCUT2D eigenvalue weighted by atomic mass is 10.3. The number of halogens is 3. The van der Waals surface area contributed by atoms with Crippen LogP contribution in [0.1, 0.15) is 11.3 Å². The topological polar surface area (TPSA) is 56.2 Å². The van der Waals surface area contributed by atoms with Crippen LogP contribution < -0.4 is 0 Å². The summed E-state index contributed by atoms with van der Waals surface area (Å²) >= 11 is 2.72. The summed E-state index contributed by atoms with van der Waals surface area (Å²) in [4.78, 5) is 4.46. The van der Waals surface area contributed by atoms with E-state index >= 15 is 0 Å². The Hall–Kier alpha value is -2.33. The van der Waals surface area contributed by atoms with E-state index in [9.17, 15) is 13.2 Å². The second-order valence-electron chi connectivity index (χ2n) is 5.04. The number of furan rings is 1. The van der Waals surface area contributed by atoms with Gasteiger partial charge in [-0.2, -0.15) is 13.2 Å². The minimum Gasteiger partial charge on any atom is -0.462 e. The molecule has 0 amide bonds. The van der Waals surface area contributed by atoms with Crippen molar-refractivity contribution in [1.82, 2.24) is 19.6 Å². The predicted octanol–water partition coefficient (Wildman–Crippen LogP) is 4.76. The summed E-state index contributed by atoms with van der Waals surface area (Å²) in [7, 11) is 0. The van der Waals surface area contributed by atoms with Gasteiger partial charge in [0.05, 0.1) is 17.5 Å². The molecule has 0 radical (unpaired) electrons. The van der Waals surface area contributed by atoms with Crippen molar-refractivity contribution in [3.63, 3.8) is 0 Å². The summed E-state index contributed by atoms with van der Waals surface area (Å²) < 4.78 is 45.2. The standard InChI is InChI=1S/C15H9F3N4OS2/c16-15(17,18)9-3-4-12-20-21-14(22(12)6-9)25-8-10-7-24-13(19-10)11-2-1-5-23-11/h1-7H,8H2. The van der Waals surface area contributed by atoms with E-state index in [1.165, 1.54) is 33.6 Å². The van der Waals surface area contributed by atoms with Crippen molar-refractivity contribution in [2.75, 3.05) is 0 Å². The van der Waals surface area contributed by atoms with Gasteiger partial charge in [-0.3, -0.25) is 4.40 Å². The molecule has 0 aliphatic carbocycles. The van der Waals surface area contributed by atoms with Crippen molar-refractivity contribution < 1.29 is 17.6 Å². The monoisotopic (exact) mass is 382 g/mol. The van der Waals surface area contributed by atoms with Crippen molar-refractivity contribution in [2.24, 2.45) is 0 Å². The van der Waals surface area contributed by atoms with E-state index in [2.05, 4.69) is 15.2 Å². The van der Waals surface area contributed by atoms with Crippen LogP contribution >= 0.6 is 23.1 Å². The molecule has 0 unspecified atom stereocenters. The number of nitrogens with zero attached hydrogens (tertiary/aromatic N) is 4. The largest absolute Gasteiger partial charge is 0.462 e. The Kier molecular flexibility index (Phi) is 4.00. The number of hydrogen-bond acceptors (Lipinski definition) is 6. The molecule has 4 aromatic heterocycles. The van der Waals surface area contributed by atoms with Crippen LogP contribution in [0.3, 0.4) is 0 Å². The lowest BCUT2D eigenvalue weighted by Crippen LogP contribution is -2.06. The molecule has 25 heavy (non-hydrogen) atoms. The van der Waals surface area contributed by atoms with Gasteiger partial charge in [0.15, 0.2) is 21.6 Å². The van der Waals surface area contributed by atoms with Gasteiger partial charge in [0, 0.05) is 17.3 Å². The number of thioether (sulfide) groups is 1. The van der Waals surface area contributed by atoms with Gasteiger partial charge in [0.2, 0.25) is 0 Å². The Morgan fingerprint density at radius 3 is 2.84 bits per heavy atom. The number of thiazole rings is 1. The van der Waals surface area contributed by atoms with Crippen LogP contribution in [0.2, 0.25) is 0 Å². The fourth-order valence-corrected chi connectivity index (χ4v) is 3.86. The molecule has 0 N–H and O–H groups in total. The molecule has 0 saturated heterocycles. The maximum atomic E-state index is 12.9. The third kappa shape index (κ3) is 3.27. The maximum Gasteiger partial charge on any atom is 0.417 e. The molecular formula is C15H9F3N4OS2. The predicted molar refractivity (Wildman–Crippen MR) is 87.4 cm³/mol. The lowest BCUT2D eigenvalue weighted by molar-refractivity contribution is -0.137. The zero-order valence-corrected chi connectivity index (χ0v) is 14.0. The summed E-state index contributed by atoms with van der Waals surface area (Å²) in [5.41, 5.74) is 0.422. The van der Waals surface area contributed by atoms with E-state index in [0.29, 0.717) is 22.3 Å². The Balaban J connectivity index is 1.55. The summed E-state index contributed by atoms with van der Waals surface area (Å²) in [6, 6.07) is 5.90. The number of fused-ring (bicyclic) bond motifs is 1. The second-order valence-corrected chi connectivity index (χ2v) is 6.84. The molecule has 0 aliphatic rings. The fourth-order valence-electron chi connectivity index (χ4n) is 2.16.